The molecule has 0 saturated carbocycles. The lowest BCUT2D eigenvalue weighted by Crippen LogP contribution is -2.20. The second-order valence-electron chi connectivity index (χ2n) is 9.10. The number of aromatic nitrogens is 4. The number of hydrogen-bond donors (Lipinski definition) is 2. The molecular weight excluding hydrogens is 455 g/mol. The lowest BCUT2D eigenvalue weighted by atomic mass is 9.87. The van der Waals surface area contributed by atoms with Crippen molar-refractivity contribution in [3.63, 3.8) is 0 Å². The van der Waals surface area contributed by atoms with Crippen LogP contribution in [0.25, 0.3) is 27.8 Å². The minimum atomic E-state index is -0.962. The van der Waals surface area contributed by atoms with Gasteiger partial charge in [-0.1, -0.05) is 0 Å². The molecule has 0 spiro atoms. The van der Waals surface area contributed by atoms with Gasteiger partial charge in [0.15, 0.2) is 23.3 Å². The first kappa shape index (κ1) is 22.0. The molecule has 3 aromatic heterocycles. The van der Waals surface area contributed by atoms with Gasteiger partial charge in [0.2, 0.25) is 0 Å². The molecule has 1 aromatic carbocycles. The Hall–Kier alpha value is -3.50. The summed E-state index contributed by atoms with van der Waals surface area (Å²) in [5.74, 6) is -1.24. The first-order chi connectivity index (χ1) is 17.0. The highest BCUT2D eigenvalue weighted by Gasteiger charge is 2.38. The van der Waals surface area contributed by atoms with Crippen LogP contribution in [0.2, 0.25) is 0 Å². The monoisotopic (exact) mass is 480 g/mol. The van der Waals surface area contributed by atoms with Gasteiger partial charge in [0.1, 0.15) is 0 Å². The number of rotatable bonds is 5. The first-order valence-corrected chi connectivity index (χ1v) is 11.7. The van der Waals surface area contributed by atoms with E-state index in [2.05, 4.69) is 14.8 Å². The minimum Gasteiger partial charge on any atom is -0.494 e. The fraction of sp³-hybridized carbons (Fsp3) is 0.400. The SMILES string of the molecule is COc1cc(-n2c(C3CCOCC3)c([C@H]3CO[C@H](C(=O)O)C3)c3nc4[nH]ncc4cc32)ccc1F. The van der Waals surface area contributed by atoms with E-state index >= 15 is 0 Å². The van der Waals surface area contributed by atoms with Crippen LogP contribution in [-0.4, -0.2) is 63.9 Å². The number of aromatic amines is 1. The molecule has 0 aliphatic carbocycles. The zero-order valence-corrected chi connectivity index (χ0v) is 19.2. The zero-order chi connectivity index (χ0) is 24.1. The van der Waals surface area contributed by atoms with Crippen LogP contribution in [0.1, 0.15) is 42.4 Å². The predicted octanol–water partition coefficient (Wildman–Crippen LogP) is 3.90. The molecule has 182 valence electrons. The van der Waals surface area contributed by atoms with E-state index in [4.69, 9.17) is 19.2 Å². The predicted molar refractivity (Wildman–Crippen MR) is 125 cm³/mol. The van der Waals surface area contributed by atoms with E-state index in [-0.39, 0.29) is 17.6 Å². The van der Waals surface area contributed by atoms with E-state index < -0.39 is 17.9 Å². The largest absolute Gasteiger partial charge is 0.494 e. The van der Waals surface area contributed by atoms with Crippen molar-refractivity contribution in [2.24, 2.45) is 0 Å². The number of nitrogens with zero attached hydrogens (tertiary/aromatic N) is 3. The highest BCUT2D eigenvalue weighted by molar-refractivity contribution is 5.94. The number of carboxylic acid groups (broad SMARTS) is 1. The lowest BCUT2D eigenvalue weighted by Gasteiger charge is -2.26. The molecule has 4 aromatic rings. The van der Waals surface area contributed by atoms with Crippen molar-refractivity contribution in [2.45, 2.75) is 37.2 Å². The second-order valence-corrected chi connectivity index (χ2v) is 9.10. The minimum absolute atomic E-state index is 0.145. The molecule has 2 fully saturated rings. The number of aliphatic carboxylic acids is 1. The van der Waals surface area contributed by atoms with Crippen molar-refractivity contribution in [1.29, 1.82) is 0 Å². The van der Waals surface area contributed by atoms with Crippen LogP contribution in [0.4, 0.5) is 4.39 Å². The van der Waals surface area contributed by atoms with Gasteiger partial charge in [-0.2, -0.15) is 5.10 Å². The van der Waals surface area contributed by atoms with Gasteiger partial charge in [-0.25, -0.2) is 14.2 Å². The Morgan fingerprint density at radius 3 is 2.83 bits per heavy atom. The van der Waals surface area contributed by atoms with Gasteiger partial charge in [0.25, 0.3) is 0 Å². The fourth-order valence-corrected chi connectivity index (χ4v) is 5.45. The molecule has 0 unspecified atom stereocenters. The average molecular weight is 480 g/mol. The molecule has 2 N–H and O–H groups in total. The van der Waals surface area contributed by atoms with E-state index in [1.165, 1.54) is 13.2 Å². The van der Waals surface area contributed by atoms with Gasteiger partial charge < -0.3 is 23.9 Å². The van der Waals surface area contributed by atoms with Crippen LogP contribution >= 0.6 is 0 Å². The Labute approximate surface area is 199 Å². The normalized spacial score (nSPS) is 21.2. The van der Waals surface area contributed by atoms with Crippen LogP contribution < -0.4 is 4.74 Å². The number of nitrogens with one attached hydrogen (secondary N) is 1. The summed E-state index contributed by atoms with van der Waals surface area (Å²) >= 11 is 0. The molecule has 2 aliphatic heterocycles. The van der Waals surface area contributed by atoms with Crippen LogP contribution in [0.5, 0.6) is 5.75 Å². The molecule has 0 radical (unpaired) electrons. The third-order valence-corrected chi connectivity index (χ3v) is 7.10. The van der Waals surface area contributed by atoms with Crippen molar-refractivity contribution in [3.8, 4) is 11.4 Å². The fourth-order valence-electron chi connectivity index (χ4n) is 5.45. The number of H-pyrrole nitrogens is 1. The van der Waals surface area contributed by atoms with E-state index in [9.17, 15) is 14.3 Å². The van der Waals surface area contributed by atoms with Crippen molar-refractivity contribution in [3.05, 3.63) is 47.5 Å². The van der Waals surface area contributed by atoms with E-state index in [1.807, 2.05) is 6.07 Å². The molecule has 10 heteroatoms. The molecule has 0 bridgehead atoms. The summed E-state index contributed by atoms with van der Waals surface area (Å²) in [5, 5.41) is 17.5. The number of hydrogen-bond acceptors (Lipinski definition) is 6. The average Bonchev–Trinajstić information content (AvgIpc) is 3.60. The van der Waals surface area contributed by atoms with Gasteiger partial charge in [-0.15, -0.1) is 0 Å². The number of ether oxygens (including phenoxy) is 3. The molecule has 35 heavy (non-hydrogen) atoms. The van der Waals surface area contributed by atoms with Crippen molar-refractivity contribution < 1.29 is 28.5 Å². The highest BCUT2D eigenvalue weighted by atomic mass is 19.1. The zero-order valence-electron chi connectivity index (χ0n) is 19.2. The van der Waals surface area contributed by atoms with Gasteiger partial charge in [0.05, 0.1) is 30.9 Å². The number of carbonyl (C=O) groups is 1. The molecule has 0 amide bonds. The Kier molecular flexibility index (Phi) is 5.42. The summed E-state index contributed by atoms with van der Waals surface area (Å²) in [6.45, 7) is 1.56. The number of benzene rings is 1. The highest BCUT2D eigenvalue weighted by Crippen LogP contribution is 2.45. The van der Waals surface area contributed by atoms with Crippen LogP contribution in [-0.2, 0) is 14.3 Å². The lowest BCUT2D eigenvalue weighted by molar-refractivity contribution is -0.147. The van der Waals surface area contributed by atoms with Gasteiger partial charge >= 0.3 is 5.97 Å². The smallest absolute Gasteiger partial charge is 0.332 e. The summed E-state index contributed by atoms with van der Waals surface area (Å²) in [7, 11) is 1.44. The third kappa shape index (κ3) is 3.64. The van der Waals surface area contributed by atoms with Crippen LogP contribution in [0, 0.1) is 5.82 Å². The Bertz CT molecular complexity index is 1420. The number of pyridine rings is 1. The Morgan fingerprint density at radius 2 is 2.09 bits per heavy atom. The maximum atomic E-state index is 14.3. The van der Waals surface area contributed by atoms with E-state index in [0.29, 0.717) is 31.9 Å². The number of methoxy groups -OCH3 is 1. The van der Waals surface area contributed by atoms with Gasteiger partial charge in [-0.3, -0.25) is 5.10 Å². The molecular formula is C25H25FN4O5. The van der Waals surface area contributed by atoms with Crippen molar-refractivity contribution in [1.82, 2.24) is 19.7 Å². The maximum absolute atomic E-state index is 14.3. The topological polar surface area (TPSA) is 111 Å². The summed E-state index contributed by atoms with van der Waals surface area (Å²) in [5.41, 5.74) is 5.05. The van der Waals surface area contributed by atoms with Crippen molar-refractivity contribution >= 4 is 28.0 Å². The standard InChI is InChI=1S/C25H25FN4O5/c1-33-19-10-16(2-3-17(19)26)30-18-8-14-11-27-29-24(14)28-22(18)21(15-9-20(25(31)32)35-12-15)23(30)13-4-6-34-7-5-13/h2-3,8,10-11,13,15,20H,4-7,9,12H2,1H3,(H,31,32)(H,27,28,29)/t15-,20+/m1/s1. The number of carboxylic acids is 1. The molecule has 2 aliphatic rings. The number of fused-ring (bicyclic) bond motifs is 2. The van der Waals surface area contributed by atoms with Crippen molar-refractivity contribution in [2.75, 3.05) is 26.9 Å². The summed E-state index contributed by atoms with van der Waals surface area (Å²) in [6.07, 6.45) is 2.86. The number of halogens is 1. The molecule has 2 saturated heterocycles. The van der Waals surface area contributed by atoms with Crippen LogP contribution in [0.15, 0.2) is 30.5 Å². The van der Waals surface area contributed by atoms with Crippen LogP contribution in [0.3, 0.4) is 0 Å². The quantitative estimate of drug-likeness (QED) is 0.446. The van der Waals surface area contributed by atoms with E-state index in [1.54, 1.807) is 18.3 Å². The molecule has 6 rings (SSSR count). The Morgan fingerprint density at radius 1 is 1.26 bits per heavy atom. The van der Waals surface area contributed by atoms with E-state index in [0.717, 1.165) is 46.2 Å². The Balaban J connectivity index is 1.66. The third-order valence-electron chi connectivity index (χ3n) is 7.10. The summed E-state index contributed by atoms with van der Waals surface area (Å²) in [6, 6.07) is 6.84. The molecule has 9 nitrogen and oxygen atoms in total. The molecule has 2 atom stereocenters. The van der Waals surface area contributed by atoms with Gasteiger partial charge in [0, 0.05) is 53.4 Å². The summed E-state index contributed by atoms with van der Waals surface area (Å²) < 4.78 is 33.1. The maximum Gasteiger partial charge on any atom is 0.332 e. The summed E-state index contributed by atoms with van der Waals surface area (Å²) in [4.78, 5) is 16.6. The first-order valence-electron chi connectivity index (χ1n) is 11.7. The molecule has 5 heterocycles. The second kappa shape index (κ2) is 8.62. The van der Waals surface area contributed by atoms with Gasteiger partial charge in [-0.05, 0) is 37.5 Å².